The van der Waals surface area contributed by atoms with Gasteiger partial charge in [0.25, 0.3) is 0 Å². The standard InChI is InChI=1S/3Mn.12O.Yb/q;;;;;;;;;;;;3*-1;+3. The fourth-order valence-electron chi connectivity index (χ4n) is 0. The summed E-state index contributed by atoms with van der Waals surface area (Å²) in [4.78, 5) is 0. The summed E-state index contributed by atoms with van der Waals surface area (Å²) >= 11 is -16.9. The van der Waals surface area contributed by atoms with E-state index in [1.807, 2.05) is 0 Å². The molecule has 16 heteroatoms. The van der Waals surface area contributed by atoms with Gasteiger partial charge in [0.2, 0.25) is 0 Å². The van der Waals surface area contributed by atoms with Gasteiger partial charge in [-0.2, -0.15) is 0 Å². The summed E-state index contributed by atoms with van der Waals surface area (Å²) in [6, 6.07) is 0. The van der Waals surface area contributed by atoms with E-state index in [1.54, 1.807) is 0 Å². The summed E-state index contributed by atoms with van der Waals surface area (Å²) in [6.07, 6.45) is 0. The molecule has 16 heavy (non-hydrogen) atoms. The average Bonchev–Trinajstić information content (AvgIpc) is 1.41. The second-order valence-electron chi connectivity index (χ2n) is 1.13. The first-order chi connectivity index (χ1) is 6.00. The third-order valence-corrected chi connectivity index (χ3v) is 0. The Morgan fingerprint density at radius 1 is 0.438 bits per heavy atom. The smallest absolute Gasteiger partial charge is 3.00 e. The molecule has 0 atom stereocenters. The second-order valence-corrected chi connectivity index (χ2v) is 4.68. The van der Waals surface area contributed by atoms with Gasteiger partial charge in [-0.15, -0.1) is 0 Å². The Hall–Kier alpha value is 1.16. The van der Waals surface area contributed by atoms with Gasteiger partial charge in [0.1, 0.15) is 0 Å². The van der Waals surface area contributed by atoms with Gasteiger partial charge in [-0.1, -0.05) is 0 Å². The van der Waals surface area contributed by atoms with Crippen LogP contribution in [0.2, 0.25) is 0 Å². The van der Waals surface area contributed by atoms with Crippen molar-refractivity contribution in [1.29, 1.82) is 0 Å². The van der Waals surface area contributed by atoms with Crippen molar-refractivity contribution >= 4 is 0 Å². The molecule has 0 saturated heterocycles. The molecule has 0 aromatic carbocycles. The van der Waals surface area contributed by atoms with Crippen molar-refractivity contribution in [3.05, 3.63) is 0 Å². The minimum absolute atomic E-state index is 0. The largest absolute Gasteiger partial charge is 3.00 e. The maximum Gasteiger partial charge on any atom is 3.00 e. The van der Waals surface area contributed by atoms with Gasteiger partial charge in [0, 0.05) is 0 Å². The Balaban J connectivity index is -0.0000000655. The zero-order valence-electron chi connectivity index (χ0n) is 6.30. The van der Waals surface area contributed by atoms with Gasteiger partial charge in [-0.25, -0.2) is 0 Å². The van der Waals surface area contributed by atoms with Crippen molar-refractivity contribution in [2.24, 2.45) is 0 Å². The van der Waals surface area contributed by atoms with Gasteiger partial charge < -0.3 is 0 Å². The van der Waals surface area contributed by atoms with Crippen LogP contribution in [0.15, 0.2) is 0 Å². The van der Waals surface area contributed by atoms with E-state index in [4.69, 9.17) is 47.1 Å². The summed E-state index contributed by atoms with van der Waals surface area (Å²) in [5, 5.41) is 0. The van der Waals surface area contributed by atoms with Crippen LogP contribution in [0, 0.1) is 46.9 Å². The van der Waals surface area contributed by atoms with E-state index >= 15 is 0 Å². The topological polar surface area (TPSA) is 223 Å². The molecule has 0 aromatic heterocycles. The first-order valence-corrected chi connectivity index (χ1v) is 7.63. The van der Waals surface area contributed by atoms with Crippen molar-refractivity contribution in [3.8, 4) is 0 Å². The normalized spacial score (nSPS) is 10.7. The van der Waals surface area contributed by atoms with Crippen LogP contribution in [-0.2, 0) is 73.4 Å². The molecular formula is Mn3O12Yb. The third kappa shape index (κ3) is 2270. The van der Waals surface area contributed by atoms with Crippen LogP contribution in [0.3, 0.4) is 0 Å². The second kappa shape index (κ2) is 10.1. The van der Waals surface area contributed by atoms with Gasteiger partial charge in [-0.3, -0.25) is 0 Å². The Bertz CT molecular complexity index is 480. The minimum atomic E-state index is -5.62. The van der Waals surface area contributed by atoms with Gasteiger partial charge >= 0.3 is 133 Å². The molecule has 0 heterocycles. The van der Waals surface area contributed by atoms with Crippen LogP contribution in [0.5, 0.6) is 0 Å². The molecule has 0 saturated carbocycles. The number of rotatable bonds is 0. The molecule has 1 radical (unpaired) electrons. The third-order valence-electron chi connectivity index (χ3n) is 0. The molecule has 0 rings (SSSR count). The molecule has 0 unspecified atom stereocenters. The summed E-state index contributed by atoms with van der Waals surface area (Å²) in [5.41, 5.74) is 0. The summed E-state index contributed by atoms with van der Waals surface area (Å²) in [6.45, 7) is 0. The predicted octanol–water partition coefficient (Wildman–Crippen LogP) is -4.64. The molecule has 0 N–H and O–H groups in total. The van der Waals surface area contributed by atoms with Crippen LogP contribution >= 0.6 is 0 Å². The van der Waals surface area contributed by atoms with Crippen molar-refractivity contribution in [2.45, 2.75) is 0 Å². The molecule has 0 aliphatic rings. The van der Waals surface area contributed by atoms with Crippen LogP contribution in [0.25, 0.3) is 0 Å². The van der Waals surface area contributed by atoms with Crippen molar-refractivity contribution < 1.29 is 133 Å². The molecule has 107 valence electrons. The van der Waals surface area contributed by atoms with E-state index in [0.717, 1.165) is 0 Å². The van der Waals surface area contributed by atoms with Gasteiger partial charge in [0.15, 0.2) is 0 Å². The maximum absolute atomic E-state index is 8.58. The zero-order valence-corrected chi connectivity index (χ0v) is 11.6. The summed E-state index contributed by atoms with van der Waals surface area (Å²) < 4.78 is 103. The maximum atomic E-state index is 8.58. The first-order valence-electron chi connectivity index (χ1n) is 1.85. The van der Waals surface area contributed by atoms with Gasteiger partial charge in [0.05, 0.1) is 0 Å². The van der Waals surface area contributed by atoms with Crippen LogP contribution in [0.4, 0.5) is 0 Å². The summed E-state index contributed by atoms with van der Waals surface area (Å²) in [7, 11) is 0. The summed E-state index contributed by atoms with van der Waals surface area (Å²) in [5.74, 6) is 0. The quantitative estimate of drug-likeness (QED) is 0.270. The van der Waals surface area contributed by atoms with Gasteiger partial charge in [-0.05, 0) is 0 Å². The molecular weight excluding hydrogens is 530 g/mol. The predicted molar refractivity (Wildman–Crippen MR) is 6.18 cm³/mol. The van der Waals surface area contributed by atoms with Crippen molar-refractivity contribution in [3.63, 3.8) is 0 Å². The van der Waals surface area contributed by atoms with Crippen molar-refractivity contribution in [2.75, 3.05) is 0 Å². The van der Waals surface area contributed by atoms with E-state index < -0.39 is 38.9 Å². The molecule has 0 aliphatic carbocycles. The Labute approximate surface area is 131 Å². The fourth-order valence-corrected chi connectivity index (χ4v) is 0. The average molecular weight is 530 g/mol. The molecule has 12 nitrogen and oxygen atoms in total. The molecule has 0 fully saturated rings. The Morgan fingerprint density at radius 3 is 0.438 bits per heavy atom. The van der Waals surface area contributed by atoms with E-state index in [0.29, 0.717) is 0 Å². The van der Waals surface area contributed by atoms with E-state index in [-0.39, 0.29) is 46.9 Å². The van der Waals surface area contributed by atoms with Crippen LogP contribution < -0.4 is 12.6 Å². The molecule has 0 aromatic rings. The van der Waals surface area contributed by atoms with E-state index in [1.165, 1.54) is 0 Å². The number of hydrogen-bond acceptors (Lipinski definition) is 12. The molecule has 0 amide bonds. The van der Waals surface area contributed by atoms with Crippen LogP contribution in [0.1, 0.15) is 0 Å². The van der Waals surface area contributed by atoms with Crippen molar-refractivity contribution in [1.82, 2.24) is 0 Å². The zero-order chi connectivity index (χ0) is 13.5. The van der Waals surface area contributed by atoms with Crippen LogP contribution in [-0.4, -0.2) is 0 Å². The SMILES string of the molecule is [O]=[Mn](=[O])(=[O])[O-].[O]=[Mn](=[O])(=[O])[O-].[O]=[Mn](=[O])(=[O])[O-].[Yb+3]. The Morgan fingerprint density at radius 2 is 0.438 bits per heavy atom. The molecule has 0 spiro atoms. The molecule has 0 bridgehead atoms. The first kappa shape index (κ1) is 25.9. The fraction of sp³-hybridized carbons (Fsp3) is 0. The minimum Gasteiger partial charge on any atom is 3.00 e. The van der Waals surface area contributed by atoms with E-state index in [2.05, 4.69) is 0 Å². The van der Waals surface area contributed by atoms with E-state index in [9.17, 15) is 0 Å². The Kier molecular flexibility index (Phi) is 16.4. The number of hydrogen-bond donors (Lipinski definition) is 0. The monoisotopic (exact) mass is 531 g/mol. The molecule has 0 aliphatic heterocycles.